The molecule has 0 rings (SSSR count). The number of hydrogen-bond acceptors (Lipinski definition) is 8. The molecular weight excluding hydrogens is 356 g/mol. The topological polar surface area (TPSA) is 146 Å². The van der Waals surface area contributed by atoms with Crippen molar-refractivity contribution in [1.82, 2.24) is 5.32 Å². The lowest BCUT2D eigenvalue weighted by Crippen LogP contribution is -2.45. The molecule has 0 radical (unpaired) electrons. The molecule has 1 atom stereocenters. The molecule has 0 aromatic rings. The maximum atomic E-state index is 11.4. The fourth-order valence-electron chi connectivity index (χ4n) is 1.47. The minimum absolute atomic E-state index is 0.165. The van der Waals surface area contributed by atoms with E-state index in [-0.39, 0.29) is 19.8 Å². The Morgan fingerprint density at radius 2 is 1.52 bits per heavy atom. The molecule has 11 heteroatoms. The summed E-state index contributed by atoms with van der Waals surface area (Å²) in [7, 11) is -4.29. The van der Waals surface area contributed by atoms with Gasteiger partial charge in [0.15, 0.2) is 0 Å². The van der Waals surface area contributed by atoms with Crippen molar-refractivity contribution in [2.75, 3.05) is 65.2 Å². The third kappa shape index (κ3) is 17.4. The first-order valence-electron chi connectivity index (χ1n) is 7.59. The van der Waals surface area contributed by atoms with Crippen molar-refractivity contribution >= 4 is 16.0 Å². The van der Waals surface area contributed by atoms with E-state index in [0.29, 0.717) is 39.6 Å². The van der Waals surface area contributed by atoms with Crippen LogP contribution in [0.5, 0.6) is 0 Å². The van der Waals surface area contributed by atoms with Gasteiger partial charge >= 0.3 is 0 Å². The van der Waals surface area contributed by atoms with Gasteiger partial charge < -0.3 is 30.0 Å². The number of terminal acetylenes is 1. The zero-order valence-corrected chi connectivity index (χ0v) is 14.8. The van der Waals surface area contributed by atoms with Gasteiger partial charge in [-0.2, -0.15) is 8.42 Å². The van der Waals surface area contributed by atoms with E-state index in [0.717, 1.165) is 0 Å². The molecule has 0 saturated heterocycles. The fourth-order valence-corrected chi connectivity index (χ4v) is 2.08. The summed E-state index contributed by atoms with van der Waals surface area (Å²) in [6, 6.07) is -1.32. The van der Waals surface area contributed by atoms with Crippen LogP contribution in [0.4, 0.5) is 0 Å². The summed E-state index contributed by atoms with van der Waals surface area (Å²) in [5.41, 5.74) is 5.32. The second-order valence-electron chi connectivity index (χ2n) is 4.74. The second-order valence-corrected chi connectivity index (χ2v) is 6.24. The average molecular weight is 382 g/mol. The van der Waals surface area contributed by atoms with Crippen molar-refractivity contribution in [2.45, 2.75) is 6.04 Å². The SMILES string of the molecule is C#CCOCCOCCOCCOCCNC(=O)[C@@H](N)CS(=O)(=O)O. The predicted molar refractivity (Wildman–Crippen MR) is 89.5 cm³/mol. The zero-order chi connectivity index (χ0) is 19.0. The third-order valence-corrected chi connectivity index (χ3v) is 3.35. The summed E-state index contributed by atoms with van der Waals surface area (Å²) in [6.45, 7) is 3.08. The van der Waals surface area contributed by atoms with Crippen LogP contribution in [0.1, 0.15) is 0 Å². The molecule has 0 aromatic heterocycles. The molecule has 0 aromatic carbocycles. The normalized spacial score (nSPS) is 12.5. The van der Waals surface area contributed by atoms with Crippen molar-refractivity contribution in [1.29, 1.82) is 0 Å². The molecule has 0 aliphatic carbocycles. The molecule has 0 aliphatic heterocycles. The number of carbonyl (C=O) groups is 1. The van der Waals surface area contributed by atoms with E-state index < -0.39 is 27.8 Å². The Labute approximate surface area is 148 Å². The number of ether oxygens (including phenoxy) is 4. The van der Waals surface area contributed by atoms with Crippen molar-refractivity contribution < 1.29 is 36.7 Å². The lowest BCUT2D eigenvalue weighted by Gasteiger charge is -2.11. The van der Waals surface area contributed by atoms with Crippen LogP contribution in [0.25, 0.3) is 0 Å². The van der Waals surface area contributed by atoms with Gasteiger partial charge in [-0.25, -0.2) is 0 Å². The number of rotatable bonds is 16. The van der Waals surface area contributed by atoms with Crippen LogP contribution >= 0.6 is 0 Å². The summed E-state index contributed by atoms with van der Waals surface area (Å²) in [4.78, 5) is 11.4. The molecule has 0 heterocycles. The predicted octanol–water partition coefficient (Wildman–Crippen LogP) is -1.98. The van der Waals surface area contributed by atoms with Crippen molar-refractivity contribution in [3.63, 3.8) is 0 Å². The summed E-state index contributed by atoms with van der Waals surface area (Å²) < 4.78 is 50.5. The highest BCUT2D eigenvalue weighted by Crippen LogP contribution is 1.88. The minimum atomic E-state index is -4.29. The fraction of sp³-hybridized carbons (Fsp3) is 0.786. The van der Waals surface area contributed by atoms with Crippen LogP contribution in [-0.4, -0.2) is 90.1 Å². The van der Waals surface area contributed by atoms with Crippen molar-refractivity contribution in [2.24, 2.45) is 5.73 Å². The monoisotopic (exact) mass is 382 g/mol. The van der Waals surface area contributed by atoms with Crippen LogP contribution in [0, 0.1) is 12.3 Å². The summed E-state index contributed by atoms with van der Waals surface area (Å²) in [5.74, 6) is 0.840. The molecular formula is C14H26N2O8S. The van der Waals surface area contributed by atoms with Crippen LogP contribution < -0.4 is 11.1 Å². The van der Waals surface area contributed by atoms with Crippen LogP contribution in [0.2, 0.25) is 0 Å². The Morgan fingerprint density at radius 1 is 1.04 bits per heavy atom. The van der Waals surface area contributed by atoms with E-state index in [1.807, 2.05) is 0 Å². The Kier molecular flexibility index (Phi) is 14.3. The largest absolute Gasteiger partial charge is 0.377 e. The second kappa shape index (κ2) is 15.0. The van der Waals surface area contributed by atoms with Gasteiger partial charge in [-0.1, -0.05) is 5.92 Å². The molecule has 0 fully saturated rings. The molecule has 10 nitrogen and oxygen atoms in total. The van der Waals surface area contributed by atoms with Gasteiger partial charge in [0.1, 0.15) is 12.6 Å². The first-order valence-corrected chi connectivity index (χ1v) is 9.20. The molecule has 0 aliphatic rings. The summed E-state index contributed by atoms with van der Waals surface area (Å²) in [5, 5.41) is 2.40. The van der Waals surface area contributed by atoms with Gasteiger partial charge in [0.2, 0.25) is 5.91 Å². The third-order valence-electron chi connectivity index (χ3n) is 2.57. The van der Waals surface area contributed by atoms with E-state index in [9.17, 15) is 13.2 Å². The average Bonchev–Trinajstić information content (AvgIpc) is 2.53. The van der Waals surface area contributed by atoms with Crippen LogP contribution in [0.3, 0.4) is 0 Å². The van der Waals surface area contributed by atoms with Crippen molar-refractivity contribution in [3.05, 3.63) is 0 Å². The van der Waals surface area contributed by atoms with Crippen LogP contribution in [0.15, 0.2) is 0 Å². The minimum Gasteiger partial charge on any atom is -0.377 e. The number of carbonyl (C=O) groups excluding carboxylic acids is 1. The Hall–Kier alpha value is -1.26. The number of amides is 1. The lowest BCUT2D eigenvalue weighted by atomic mass is 10.3. The van der Waals surface area contributed by atoms with Gasteiger partial charge in [0, 0.05) is 6.54 Å². The van der Waals surface area contributed by atoms with E-state index >= 15 is 0 Å². The molecule has 0 saturated carbocycles. The molecule has 0 spiro atoms. The first kappa shape index (κ1) is 23.7. The highest BCUT2D eigenvalue weighted by atomic mass is 32.2. The van der Waals surface area contributed by atoms with Crippen molar-refractivity contribution in [3.8, 4) is 12.3 Å². The number of nitrogens with two attached hydrogens (primary N) is 1. The number of hydrogen-bond donors (Lipinski definition) is 3. The zero-order valence-electron chi connectivity index (χ0n) is 14.0. The lowest BCUT2D eigenvalue weighted by molar-refractivity contribution is -0.122. The van der Waals surface area contributed by atoms with E-state index in [4.69, 9.17) is 35.7 Å². The van der Waals surface area contributed by atoms with Gasteiger partial charge in [-0.05, 0) is 0 Å². The Bertz CT molecular complexity index is 492. The quantitative estimate of drug-likeness (QED) is 0.157. The van der Waals surface area contributed by atoms with Crippen LogP contribution in [-0.2, 0) is 33.9 Å². The van der Waals surface area contributed by atoms with E-state index in [1.54, 1.807) is 0 Å². The molecule has 0 bridgehead atoms. The Balaban J connectivity index is 3.34. The van der Waals surface area contributed by atoms with E-state index in [2.05, 4.69) is 11.2 Å². The Morgan fingerprint density at radius 3 is 2.00 bits per heavy atom. The maximum absolute atomic E-state index is 11.4. The summed E-state index contributed by atoms with van der Waals surface area (Å²) in [6.07, 6.45) is 5.01. The molecule has 4 N–H and O–H groups in total. The van der Waals surface area contributed by atoms with Gasteiger partial charge in [-0.15, -0.1) is 6.42 Å². The van der Waals surface area contributed by atoms with Gasteiger partial charge in [0.25, 0.3) is 10.1 Å². The summed E-state index contributed by atoms with van der Waals surface area (Å²) >= 11 is 0. The molecule has 25 heavy (non-hydrogen) atoms. The first-order chi connectivity index (χ1) is 11.9. The molecule has 0 unspecified atom stereocenters. The standard InChI is InChI=1S/C14H26N2O8S/c1-2-4-21-6-8-23-10-11-24-9-7-22-5-3-16-14(17)13(15)12-25(18,19)20/h1,13H,3-12,15H2,(H,16,17)(H,18,19,20)/t13-/m0/s1. The molecule has 146 valence electrons. The highest BCUT2D eigenvalue weighted by molar-refractivity contribution is 7.85. The maximum Gasteiger partial charge on any atom is 0.266 e. The van der Waals surface area contributed by atoms with Gasteiger partial charge in [0.05, 0.1) is 52.0 Å². The molecule has 1 amide bonds. The number of nitrogens with one attached hydrogen (secondary N) is 1. The van der Waals surface area contributed by atoms with Gasteiger partial charge in [-0.3, -0.25) is 9.35 Å². The van der Waals surface area contributed by atoms with E-state index in [1.165, 1.54) is 0 Å². The smallest absolute Gasteiger partial charge is 0.266 e. The highest BCUT2D eigenvalue weighted by Gasteiger charge is 2.19.